The number of nitrogens with zero attached hydrogens (tertiary/aromatic N) is 4. The molecule has 0 bridgehead atoms. The van der Waals surface area contributed by atoms with Gasteiger partial charge in [0.15, 0.2) is 24.9 Å². The monoisotopic (exact) mass is 1440 g/mol. The Kier molecular flexibility index (Phi) is 30.5. The zero-order valence-electron chi connectivity index (χ0n) is 56.1. The first-order valence-corrected chi connectivity index (χ1v) is 35.2. The molecule has 4 unspecified atom stereocenters. The number of amides is 4. The van der Waals surface area contributed by atoms with Gasteiger partial charge in [-0.25, -0.2) is 4.57 Å². The third kappa shape index (κ3) is 23.5. The summed E-state index contributed by atoms with van der Waals surface area (Å²) in [4.78, 5) is 106. The first-order chi connectivity index (χ1) is 45.2. The second kappa shape index (κ2) is 36.1. The second-order valence-electron chi connectivity index (χ2n) is 23.5. The van der Waals surface area contributed by atoms with E-state index < -0.39 is 121 Å². The normalized spacial score (nSPS) is 30.9. The number of rotatable bonds is 24. The Morgan fingerprint density at radius 2 is 0.814 bits per heavy atom. The molecule has 0 aromatic rings. The van der Waals surface area contributed by atoms with Crippen molar-refractivity contribution in [3.8, 4) is 0 Å². The summed E-state index contributed by atoms with van der Waals surface area (Å²) >= 11 is 0. The largest absolute Gasteiger partial charge is 0.469 e. The maximum absolute atomic E-state index is 11.4. The molecule has 0 spiro atoms. The fourth-order valence-corrected chi connectivity index (χ4v) is 12.3. The molecule has 8 heterocycles. The number of aliphatic hydroxyl groups is 1. The number of phosphoric ester groups is 1. The predicted molar refractivity (Wildman–Crippen MR) is 343 cm³/mol. The van der Waals surface area contributed by atoms with E-state index in [-0.39, 0.29) is 61.3 Å². The minimum atomic E-state index is -4.66. The lowest BCUT2D eigenvalue weighted by atomic mass is 10.0. The molecule has 0 aromatic carbocycles. The zero-order valence-corrected chi connectivity index (χ0v) is 58.7. The molecule has 4 saturated heterocycles. The van der Waals surface area contributed by atoms with Gasteiger partial charge < -0.3 is 132 Å². The molecule has 8 aliphatic rings. The SMILES string of the molecule is C=C1NC(=O)C=CN1[C@@H]1O[C@H](/C(C)=C/P(=O)(O)O)[C@H](OC(C)C)C1OC.C=C1NC(=O)C=CN1[C@@H]1O[C@H](/C=C/P(=O)(O)O)[C@H](OC(C)C)C1OC.C=C1NC(=O)C=CN1[C@@H]1O[C@H](CO)[C@H](OC(C)C)C1OC.C=C1NC(=O)C=CN1[C@@H]1O[C@H](COP(=O)(O)O)[C@H](OC(C)C)C1OC. The molecule has 16 atom stereocenters. The highest BCUT2D eigenvalue weighted by Gasteiger charge is 2.53. The molecule has 38 heteroatoms. The van der Waals surface area contributed by atoms with Gasteiger partial charge in [-0.2, -0.15) is 0 Å². The van der Waals surface area contributed by atoms with Gasteiger partial charge in [0.05, 0.1) is 37.6 Å². The summed E-state index contributed by atoms with van der Waals surface area (Å²) in [6.07, 6.45) is 2.38. The van der Waals surface area contributed by atoms with Crippen LogP contribution in [0.15, 0.2) is 122 Å². The van der Waals surface area contributed by atoms with E-state index in [9.17, 15) is 47.8 Å². The molecule has 4 amide bonds. The van der Waals surface area contributed by atoms with Crippen LogP contribution in [0.1, 0.15) is 62.3 Å². The molecule has 0 aromatic heterocycles. The van der Waals surface area contributed by atoms with Gasteiger partial charge in [0.25, 0.3) is 23.6 Å². The third-order valence-electron chi connectivity index (χ3n) is 14.6. The van der Waals surface area contributed by atoms with Crippen LogP contribution in [0.2, 0.25) is 0 Å². The Hall–Kier alpha value is -5.63. The van der Waals surface area contributed by atoms with Gasteiger partial charge in [0.2, 0.25) is 0 Å². The number of hydrogen-bond donors (Lipinski definition) is 11. The Bertz CT molecular complexity index is 3130. The van der Waals surface area contributed by atoms with Crippen LogP contribution in [-0.4, -0.2) is 242 Å². The van der Waals surface area contributed by atoms with E-state index in [0.717, 1.165) is 11.6 Å². The van der Waals surface area contributed by atoms with Crippen LogP contribution in [0.4, 0.5) is 0 Å². The van der Waals surface area contributed by atoms with Gasteiger partial charge in [-0.1, -0.05) is 26.3 Å². The highest BCUT2D eigenvalue weighted by Crippen LogP contribution is 2.44. The number of ether oxygens (including phenoxy) is 12. The van der Waals surface area contributed by atoms with Gasteiger partial charge in [-0.15, -0.1) is 0 Å². The van der Waals surface area contributed by atoms with Crippen molar-refractivity contribution in [2.45, 2.75) is 185 Å². The minimum absolute atomic E-state index is 0.0242. The maximum Gasteiger partial charge on any atom is 0.469 e. The van der Waals surface area contributed by atoms with Crippen LogP contribution in [0.25, 0.3) is 0 Å². The van der Waals surface area contributed by atoms with Gasteiger partial charge >= 0.3 is 23.0 Å². The molecule has 8 aliphatic heterocycles. The van der Waals surface area contributed by atoms with Gasteiger partial charge in [-0.3, -0.25) is 32.8 Å². The minimum Gasteiger partial charge on any atom is -0.394 e. The summed E-state index contributed by atoms with van der Waals surface area (Å²) < 4.78 is 107. The third-order valence-corrected chi connectivity index (χ3v) is 16.4. The van der Waals surface area contributed by atoms with E-state index in [2.05, 4.69) is 52.1 Å². The highest BCUT2D eigenvalue weighted by molar-refractivity contribution is 7.55. The Morgan fingerprint density at radius 1 is 0.495 bits per heavy atom. The first-order valence-electron chi connectivity index (χ1n) is 30.3. The van der Waals surface area contributed by atoms with Crippen molar-refractivity contribution >= 4 is 46.6 Å². The quantitative estimate of drug-likeness (QED) is 0.0612. The van der Waals surface area contributed by atoms with Crippen LogP contribution in [0.5, 0.6) is 0 Å². The van der Waals surface area contributed by atoms with Crippen LogP contribution < -0.4 is 21.3 Å². The average Bonchev–Trinajstić information content (AvgIpc) is 1.67. The summed E-state index contributed by atoms with van der Waals surface area (Å²) in [6, 6.07) is 0. The van der Waals surface area contributed by atoms with Crippen LogP contribution in [0.3, 0.4) is 0 Å². The fourth-order valence-electron chi connectivity index (χ4n) is 10.9. The molecule has 97 heavy (non-hydrogen) atoms. The van der Waals surface area contributed by atoms with Crippen molar-refractivity contribution in [1.82, 2.24) is 40.9 Å². The summed E-state index contributed by atoms with van der Waals surface area (Å²) in [6.45, 7) is 31.0. The lowest BCUT2D eigenvalue weighted by Crippen LogP contribution is -2.48. The van der Waals surface area contributed by atoms with Gasteiger partial charge in [0.1, 0.15) is 96.5 Å². The van der Waals surface area contributed by atoms with Crippen molar-refractivity contribution in [3.63, 3.8) is 0 Å². The van der Waals surface area contributed by atoms with E-state index in [1.165, 1.54) is 70.3 Å². The molecular formula is C59H93N8O27P3. The number of carbonyl (C=O) groups excluding carboxylic acids is 4. The zero-order chi connectivity index (χ0) is 72.8. The lowest BCUT2D eigenvalue weighted by molar-refractivity contribution is -0.119. The molecule has 4 fully saturated rings. The first kappa shape index (κ1) is 82.0. The van der Waals surface area contributed by atoms with Crippen molar-refractivity contribution in [2.75, 3.05) is 41.7 Å². The van der Waals surface area contributed by atoms with Crippen molar-refractivity contribution < 1.29 is 129 Å². The molecule has 11 N–H and O–H groups in total. The van der Waals surface area contributed by atoms with E-state index in [1.807, 2.05) is 55.4 Å². The summed E-state index contributed by atoms with van der Waals surface area (Å²) in [7, 11) is -7.35. The number of nitrogens with one attached hydrogen (secondary N) is 4. The molecule has 0 radical (unpaired) electrons. The Labute approximate surface area is 562 Å². The molecule has 0 saturated carbocycles. The van der Waals surface area contributed by atoms with Crippen LogP contribution in [-0.2, 0) is 94.2 Å². The number of methoxy groups -OCH3 is 4. The van der Waals surface area contributed by atoms with E-state index in [0.29, 0.717) is 28.9 Å². The predicted octanol–water partition coefficient (Wildman–Crippen LogP) is 1.62. The van der Waals surface area contributed by atoms with Crippen molar-refractivity contribution in [3.05, 3.63) is 122 Å². The topological polar surface area (TPSA) is 442 Å². The summed E-state index contributed by atoms with van der Waals surface area (Å²) in [5.74, 6) is 1.80. The lowest BCUT2D eigenvalue weighted by Gasteiger charge is -2.34. The van der Waals surface area contributed by atoms with E-state index >= 15 is 0 Å². The fraction of sp³-hybridized carbons (Fsp3) is 0.593. The highest BCUT2D eigenvalue weighted by atomic mass is 31.2. The number of hydrogen-bond acceptors (Lipinski definition) is 25. The maximum atomic E-state index is 11.4. The van der Waals surface area contributed by atoms with E-state index in [1.54, 1.807) is 39.8 Å². The average molecular weight is 1440 g/mol. The Balaban J connectivity index is 0.000000234. The smallest absolute Gasteiger partial charge is 0.394 e. The molecule has 8 rings (SSSR count). The van der Waals surface area contributed by atoms with Gasteiger partial charge in [-0.05, 0) is 74.0 Å². The number of phosphoric acid groups is 1. The van der Waals surface area contributed by atoms with Crippen LogP contribution in [0, 0.1) is 0 Å². The summed E-state index contributed by atoms with van der Waals surface area (Å²) in [5.41, 5.74) is 0.337. The standard InChI is InChI=1S/C16H25N2O7P.C15H23N2O7P.C14H23N2O8P.C14H22N2O5/c1-9(2)24-14-13(10(3)8-26(20,21)22)25-16(15(14)23-5)18-7-6-12(19)17-11(18)4;1-9(2)23-13-11(6-8-25(19,20)21)24-15(14(13)22-4)17-7-5-12(18)16-10(17)3;1-8(2)23-12-10(7-22-25(18,19)20)24-14(13(12)21-4)16-6-5-11(17)15-9(16)3;1-8(2)20-12-10(7-17)21-14(13(12)19-4)16-6-5-11(18)15-9(16)3/h6-9,13-16H,4H2,1-3,5H3,(H,17,19)(H2,20,21,22);5-9,11,13-15H,3H2,1-2,4H3,(H,16,18)(H2,19,20,21);5-6,8,10,12-14H,3,7H2,1-2,4H3,(H,15,17)(H2,18,19,20);5-6,8,10,12-14,17H,3,7H2,1-2,4H3,(H,15,18)/b10-8+;8-6+;;/t13-,14+,15?,16-;11-,13+,14?,15-;2*10-,12+,13?,14-/m1111/s1. The number of aliphatic hydroxyl groups excluding tert-OH is 1. The molecule has 0 aliphatic carbocycles. The molecular weight excluding hydrogens is 1350 g/mol. The second-order valence-corrected chi connectivity index (χ2v) is 27.6. The molecule has 546 valence electrons. The van der Waals surface area contributed by atoms with Gasteiger partial charge in [0, 0.05) is 89.2 Å². The summed E-state index contributed by atoms with van der Waals surface area (Å²) in [5, 5.41) is 19.8. The van der Waals surface area contributed by atoms with Crippen LogP contribution >= 0.6 is 23.0 Å². The van der Waals surface area contributed by atoms with Crippen molar-refractivity contribution in [2.24, 2.45) is 0 Å². The van der Waals surface area contributed by atoms with E-state index in [4.69, 9.17) is 76.4 Å². The Morgan fingerprint density at radius 3 is 1.14 bits per heavy atom. The number of carbonyl (C=O) groups is 4. The molecule has 35 nitrogen and oxygen atoms in total. The van der Waals surface area contributed by atoms with Crippen molar-refractivity contribution in [1.29, 1.82) is 0 Å².